The Kier molecular flexibility index (Phi) is 4.62. The number of carbonyl (C=O) groups is 1. The van der Waals surface area contributed by atoms with Gasteiger partial charge < -0.3 is 10.4 Å². The predicted octanol–water partition coefficient (Wildman–Crippen LogP) is 2.30. The number of alkyl halides is 1. The van der Waals surface area contributed by atoms with Crippen LogP contribution in [0.5, 0.6) is 5.75 Å². The molecule has 0 saturated carbocycles. The van der Waals surface area contributed by atoms with Gasteiger partial charge in [-0.05, 0) is 18.6 Å². The zero-order chi connectivity index (χ0) is 11.3. The van der Waals surface area contributed by atoms with E-state index in [4.69, 9.17) is 0 Å². The molecule has 1 atom stereocenters. The maximum Gasteiger partial charge on any atom is 0.255 e. The highest BCUT2D eigenvalue weighted by Gasteiger charge is 2.10. The van der Waals surface area contributed by atoms with E-state index in [2.05, 4.69) is 21.2 Å². The highest BCUT2D eigenvalue weighted by atomic mass is 79.9. The van der Waals surface area contributed by atoms with Crippen molar-refractivity contribution in [1.82, 2.24) is 5.32 Å². The largest absolute Gasteiger partial charge is 0.507 e. The highest BCUT2D eigenvalue weighted by Crippen LogP contribution is 2.15. The number of para-hydroxylation sites is 1. The van der Waals surface area contributed by atoms with E-state index >= 15 is 0 Å². The van der Waals surface area contributed by atoms with Crippen molar-refractivity contribution in [2.75, 3.05) is 6.54 Å². The second-order valence-corrected chi connectivity index (χ2v) is 4.53. The van der Waals surface area contributed by atoms with Crippen LogP contribution >= 0.6 is 15.9 Å². The summed E-state index contributed by atoms with van der Waals surface area (Å²) in [7, 11) is 0. The zero-order valence-corrected chi connectivity index (χ0v) is 10.1. The summed E-state index contributed by atoms with van der Waals surface area (Å²) in [5, 5.41) is 12.2. The quantitative estimate of drug-likeness (QED) is 0.826. The molecule has 1 aromatic rings. The van der Waals surface area contributed by atoms with Gasteiger partial charge in [-0.3, -0.25) is 4.79 Å². The van der Waals surface area contributed by atoms with Crippen molar-refractivity contribution in [1.29, 1.82) is 0 Å². The Bertz CT molecular complexity index is 341. The third-order valence-corrected chi connectivity index (χ3v) is 3.05. The van der Waals surface area contributed by atoms with Gasteiger partial charge in [-0.2, -0.15) is 0 Å². The molecule has 1 amide bonds. The Balaban J connectivity index is 2.58. The van der Waals surface area contributed by atoms with Crippen LogP contribution in [0.2, 0.25) is 0 Å². The van der Waals surface area contributed by atoms with Crippen LogP contribution in [0.3, 0.4) is 0 Å². The van der Waals surface area contributed by atoms with E-state index in [1.165, 1.54) is 6.07 Å². The smallest absolute Gasteiger partial charge is 0.255 e. The van der Waals surface area contributed by atoms with E-state index in [-0.39, 0.29) is 16.5 Å². The Labute approximate surface area is 97.6 Å². The molecule has 0 aliphatic carbocycles. The number of hydrogen-bond acceptors (Lipinski definition) is 2. The van der Waals surface area contributed by atoms with Crippen molar-refractivity contribution in [2.24, 2.45) is 0 Å². The summed E-state index contributed by atoms with van der Waals surface area (Å²) < 4.78 is 0. The second kappa shape index (κ2) is 5.75. The standard InChI is InChI=1S/C11H14BrNO2/c1-2-8(12)7-13-11(15)9-5-3-4-6-10(9)14/h3-6,8,14H,2,7H2,1H3,(H,13,15). The Morgan fingerprint density at radius 3 is 2.80 bits per heavy atom. The summed E-state index contributed by atoms with van der Waals surface area (Å²) in [6, 6.07) is 6.51. The van der Waals surface area contributed by atoms with Crippen LogP contribution in [-0.2, 0) is 0 Å². The lowest BCUT2D eigenvalue weighted by atomic mass is 10.2. The molecule has 0 aliphatic rings. The van der Waals surface area contributed by atoms with Crippen LogP contribution in [-0.4, -0.2) is 22.4 Å². The molecular formula is C11H14BrNO2. The van der Waals surface area contributed by atoms with E-state index in [0.717, 1.165) is 6.42 Å². The fourth-order valence-electron chi connectivity index (χ4n) is 1.11. The number of phenols is 1. The lowest BCUT2D eigenvalue weighted by molar-refractivity contribution is 0.0951. The number of nitrogens with one attached hydrogen (secondary N) is 1. The topological polar surface area (TPSA) is 49.3 Å². The molecule has 0 heterocycles. The molecule has 2 N–H and O–H groups in total. The molecule has 0 spiro atoms. The molecular weight excluding hydrogens is 258 g/mol. The van der Waals surface area contributed by atoms with Gasteiger partial charge in [0, 0.05) is 11.4 Å². The molecule has 0 bridgehead atoms. The van der Waals surface area contributed by atoms with Gasteiger partial charge in [0.15, 0.2) is 0 Å². The molecule has 0 fully saturated rings. The minimum Gasteiger partial charge on any atom is -0.507 e. The van der Waals surface area contributed by atoms with E-state index in [9.17, 15) is 9.90 Å². The molecule has 4 heteroatoms. The first-order valence-corrected chi connectivity index (χ1v) is 5.77. The minimum absolute atomic E-state index is 0.0117. The van der Waals surface area contributed by atoms with E-state index in [1.807, 2.05) is 6.92 Å². The van der Waals surface area contributed by atoms with Gasteiger partial charge in [-0.1, -0.05) is 35.0 Å². The molecule has 1 unspecified atom stereocenters. The lowest BCUT2D eigenvalue weighted by Crippen LogP contribution is -2.29. The van der Waals surface area contributed by atoms with Gasteiger partial charge in [-0.25, -0.2) is 0 Å². The van der Waals surface area contributed by atoms with Gasteiger partial charge in [0.1, 0.15) is 5.75 Å². The van der Waals surface area contributed by atoms with Gasteiger partial charge in [0.25, 0.3) is 5.91 Å². The normalized spacial score (nSPS) is 12.1. The molecule has 1 aromatic carbocycles. The maximum atomic E-state index is 11.6. The number of rotatable bonds is 4. The molecule has 82 valence electrons. The van der Waals surface area contributed by atoms with E-state index in [1.54, 1.807) is 18.2 Å². The number of amides is 1. The molecule has 0 saturated heterocycles. The summed E-state index contributed by atoms with van der Waals surface area (Å²) >= 11 is 3.42. The van der Waals surface area contributed by atoms with Gasteiger partial charge in [0.05, 0.1) is 5.56 Å². The number of aromatic hydroxyl groups is 1. The summed E-state index contributed by atoms with van der Waals surface area (Å²) in [6.07, 6.45) is 0.945. The van der Waals surface area contributed by atoms with E-state index in [0.29, 0.717) is 12.1 Å². The molecule has 0 radical (unpaired) electrons. The number of hydrogen-bond donors (Lipinski definition) is 2. The third kappa shape index (κ3) is 3.55. The number of carbonyl (C=O) groups excluding carboxylic acids is 1. The maximum absolute atomic E-state index is 11.6. The van der Waals surface area contributed by atoms with Crippen LogP contribution < -0.4 is 5.32 Å². The van der Waals surface area contributed by atoms with Crippen LogP contribution in [0.4, 0.5) is 0 Å². The Morgan fingerprint density at radius 2 is 2.20 bits per heavy atom. The molecule has 0 aromatic heterocycles. The molecule has 15 heavy (non-hydrogen) atoms. The van der Waals surface area contributed by atoms with Crippen LogP contribution in [0.1, 0.15) is 23.7 Å². The Hall–Kier alpha value is -1.03. The summed E-state index contributed by atoms with van der Waals surface area (Å²) in [5.41, 5.74) is 0.313. The monoisotopic (exact) mass is 271 g/mol. The number of phenolic OH excluding ortho intramolecular Hbond substituents is 1. The van der Waals surface area contributed by atoms with Crippen LogP contribution in [0.15, 0.2) is 24.3 Å². The first-order valence-electron chi connectivity index (χ1n) is 4.85. The van der Waals surface area contributed by atoms with Crippen molar-refractivity contribution in [3.8, 4) is 5.75 Å². The first kappa shape index (κ1) is 12.0. The summed E-state index contributed by atoms with van der Waals surface area (Å²) in [4.78, 5) is 11.9. The molecule has 3 nitrogen and oxygen atoms in total. The number of benzene rings is 1. The van der Waals surface area contributed by atoms with Gasteiger partial charge in [0.2, 0.25) is 0 Å². The third-order valence-electron chi connectivity index (χ3n) is 2.08. The Morgan fingerprint density at radius 1 is 1.53 bits per heavy atom. The first-order chi connectivity index (χ1) is 7.15. The molecule has 0 aliphatic heterocycles. The van der Waals surface area contributed by atoms with Gasteiger partial charge >= 0.3 is 0 Å². The van der Waals surface area contributed by atoms with E-state index < -0.39 is 0 Å². The average molecular weight is 272 g/mol. The van der Waals surface area contributed by atoms with Crippen LogP contribution in [0, 0.1) is 0 Å². The minimum atomic E-state index is -0.244. The summed E-state index contributed by atoms with van der Waals surface area (Å²) in [6.45, 7) is 2.59. The molecule has 1 rings (SSSR count). The zero-order valence-electron chi connectivity index (χ0n) is 8.53. The SMILES string of the molecule is CCC(Br)CNC(=O)c1ccccc1O. The van der Waals surface area contributed by atoms with Crippen molar-refractivity contribution in [2.45, 2.75) is 18.2 Å². The van der Waals surface area contributed by atoms with Crippen molar-refractivity contribution in [3.05, 3.63) is 29.8 Å². The fraction of sp³-hybridized carbons (Fsp3) is 0.364. The second-order valence-electron chi connectivity index (χ2n) is 3.23. The van der Waals surface area contributed by atoms with Crippen molar-refractivity contribution in [3.63, 3.8) is 0 Å². The summed E-state index contributed by atoms with van der Waals surface area (Å²) in [5.74, 6) is -0.233. The van der Waals surface area contributed by atoms with Gasteiger partial charge in [-0.15, -0.1) is 0 Å². The average Bonchev–Trinajstić information content (AvgIpc) is 2.26. The lowest BCUT2D eigenvalue weighted by Gasteiger charge is -2.09. The predicted molar refractivity (Wildman–Crippen MR) is 63.4 cm³/mol. The van der Waals surface area contributed by atoms with Crippen LogP contribution in [0.25, 0.3) is 0 Å². The number of halogens is 1. The van der Waals surface area contributed by atoms with Crippen molar-refractivity contribution >= 4 is 21.8 Å². The highest BCUT2D eigenvalue weighted by molar-refractivity contribution is 9.09. The van der Waals surface area contributed by atoms with Crippen molar-refractivity contribution < 1.29 is 9.90 Å². The fourth-order valence-corrected chi connectivity index (χ4v) is 1.27.